The van der Waals surface area contributed by atoms with E-state index in [9.17, 15) is 4.79 Å². The molecule has 0 bridgehead atoms. The predicted octanol–water partition coefficient (Wildman–Crippen LogP) is 0.907. The maximum Gasteiger partial charge on any atom is 0.227 e. The molecule has 0 saturated carbocycles. The fourth-order valence-electron chi connectivity index (χ4n) is 1.49. The molecule has 0 unspecified atom stereocenters. The first-order valence-electron chi connectivity index (χ1n) is 6.84. The lowest BCUT2D eigenvalue weighted by Gasteiger charge is -2.08. The van der Waals surface area contributed by atoms with E-state index in [1.165, 1.54) is 0 Å². The number of guanidine groups is 1. The van der Waals surface area contributed by atoms with Crippen LogP contribution in [0.25, 0.3) is 0 Å². The van der Waals surface area contributed by atoms with Crippen LogP contribution in [0.2, 0.25) is 0 Å². The number of pyridine rings is 1. The lowest BCUT2D eigenvalue weighted by molar-refractivity contribution is -0.116. The van der Waals surface area contributed by atoms with Crippen LogP contribution >= 0.6 is 0 Å². The highest BCUT2D eigenvalue weighted by molar-refractivity contribution is 5.90. The van der Waals surface area contributed by atoms with Crippen LogP contribution in [-0.2, 0) is 4.79 Å². The number of rotatable bonds is 6. The van der Waals surface area contributed by atoms with E-state index in [-0.39, 0.29) is 12.3 Å². The molecule has 1 rings (SSSR count). The van der Waals surface area contributed by atoms with Gasteiger partial charge in [0.25, 0.3) is 0 Å². The minimum atomic E-state index is -0.122. The van der Waals surface area contributed by atoms with Crippen molar-refractivity contribution < 1.29 is 4.79 Å². The van der Waals surface area contributed by atoms with E-state index >= 15 is 0 Å². The minimum Gasteiger partial charge on any atom is -0.357 e. The zero-order valence-electron chi connectivity index (χ0n) is 12.4. The van der Waals surface area contributed by atoms with Crippen LogP contribution in [0.15, 0.2) is 23.3 Å². The van der Waals surface area contributed by atoms with Crippen molar-refractivity contribution in [3.63, 3.8) is 0 Å². The summed E-state index contributed by atoms with van der Waals surface area (Å²) >= 11 is 0. The molecule has 0 aromatic carbocycles. The fourth-order valence-corrected chi connectivity index (χ4v) is 1.49. The zero-order valence-corrected chi connectivity index (χ0v) is 12.4. The van der Waals surface area contributed by atoms with Gasteiger partial charge >= 0.3 is 0 Å². The van der Waals surface area contributed by atoms with Gasteiger partial charge in [-0.25, -0.2) is 4.98 Å². The highest BCUT2D eigenvalue weighted by atomic mass is 16.1. The SMILES string of the molecule is C#CCNC(=NCCC(=O)Nc1ccc(C)cn1)NCC. The molecule has 1 heterocycles. The number of amides is 1. The van der Waals surface area contributed by atoms with Crippen molar-refractivity contribution in [1.29, 1.82) is 0 Å². The molecule has 0 fully saturated rings. The van der Waals surface area contributed by atoms with Gasteiger partial charge in [0.2, 0.25) is 5.91 Å². The van der Waals surface area contributed by atoms with Crippen molar-refractivity contribution in [3.05, 3.63) is 23.9 Å². The van der Waals surface area contributed by atoms with Crippen LogP contribution in [-0.4, -0.2) is 36.5 Å². The summed E-state index contributed by atoms with van der Waals surface area (Å²) < 4.78 is 0. The standard InChI is InChI=1S/C15H21N5O/c1-4-9-17-15(16-5-2)18-10-8-14(21)20-13-7-6-12(3)11-19-13/h1,6-7,11H,5,8-10H2,2-3H3,(H2,16,17,18)(H,19,20,21). The zero-order chi connectivity index (χ0) is 15.5. The Hall–Kier alpha value is -2.55. The summed E-state index contributed by atoms with van der Waals surface area (Å²) in [6.07, 6.45) is 7.17. The molecule has 0 aliphatic carbocycles. The molecular weight excluding hydrogens is 266 g/mol. The third-order valence-corrected chi connectivity index (χ3v) is 2.49. The topological polar surface area (TPSA) is 78.4 Å². The van der Waals surface area contributed by atoms with Crippen LogP contribution in [0.4, 0.5) is 5.82 Å². The molecule has 21 heavy (non-hydrogen) atoms. The third kappa shape index (κ3) is 6.97. The molecule has 0 aliphatic rings. The average molecular weight is 287 g/mol. The van der Waals surface area contributed by atoms with Crippen LogP contribution < -0.4 is 16.0 Å². The van der Waals surface area contributed by atoms with Gasteiger partial charge in [0.1, 0.15) is 5.82 Å². The number of carbonyl (C=O) groups is 1. The number of nitrogens with zero attached hydrogens (tertiary/aromatic N) is 2. The summed E-state index contributed by atoms with van der Waals surface area (Å²) in [4.78, 5) is 20.1. The van der Waals surface area contributed by atoms with Crippen LogP contribution in [0.1, 0.15) is 18.9 Å². The number of hydrogen-bond acceptors (Lipinski definition) is 3. The molecule has 0 atom stereocenters. The van der Waals surface area contributed by atoms with Gasteiger partial charge < -0.3 is 16.0 Å². The van der Waals surface area contributed by atoms with E-state index in [1.807, 2.05) is 19.9 Å². The Bertz CT molecular complexity index is 516. The van der Waals surface area contributed by atoms with Gasteiger partial charge in [-0.3, -0.25) is 9.79 Å². The highest BCUT2D eigenvalue weighted by Crippen LogP contribution is 2.04. The number of anilines is 1. The molecule has 0 saturated heterocycles. The Morgan fingerprint density at radius 3 is 2.86 bits per heavy atom. The highest BCUT2D eigenvalue weighted by Gasteiger charge is 2.03. The molecule has 0 spiro atoms. The number of carbonyl (C=O) groups excluding carboxylic acids is 1. The lowest BCUT2D eigenvalue weighted by atomic mass is 10.3. The Morgan fingerprint density at radius 2 is 2.24 bits per heavy atom. The van der Waals surface area contributed by atoms with Crippen LogP contribution in [0, 0.1) is 19.3 Å². The number of aliphatic imine (C=N–C) groups is 1. The summed E-state index contributed by atoms with van der Waals surface area (Å²) in [6, 6.07) is 3.67. The van der Waals surface area contributed by atoms with Crippen molar-refractivity contribution >= 4 is 17.7 Å². The second kappa shape index (κ2) is 9.37. The molecule has 6 nitrogen and oxygen atoms in total. The average Bonchev–Trinajstić information content (AvgIpc) is 2.47. The van der Waals surface area contributed by atoms with Gasteiger partial charge in [0.15, 0.2) is 5.96 Å². The second-order valence-corrected chi connectivity index (χ2v) is 4.34. The largest absolute Gasteiger partial charge is 0.357 e. The molecule has 1 aromatic rings. The molecule has 0 radical (unpaired) electrons. The first-order valence-corrected chi connectivity index (χ1v) is 6.84. The summed E-state index contributed by atoms with van der Waals surface area (Å²) in [7, 11) is 0. The molecular formula is C15H21N5O. The van der Waals surface area contributed by atoms with Crippen molar-refractivity contribution in [2.75, 3.05) is 25.0 Å². The molecule has 1 aromatic heterocycles. The molecule has 112 valence electrons. The van der Waals surface area contributed by atoms with Gasteiger partial charge in [-0.15, -0.1) is 6.42 Å². The van der Waals surface area contributed by atoms with Gasteiger partial charge in [0.05, 0.1) is 13.1 Å². The van der Waals surface area contributed by atoms with Gasteiger partial charge in [-0.1, -0.05) is 12.0 Å². The molecule has 6 heteroatoms. The Morgan fingerprint density at radius 1 is 1.43 bits per heavy atom. The first kappa shape index (κ1) is 16.5. The third-order valence-electron chi connectivity index (χ3n) is 2.49. The van der Waals surface area contributed by atoms with E-state index in [1.54, 1.807) is 12.3 Å². The van der Waals surface area contributed by atoms with Crippen molar-refractivity contribution in [1.82, 2.24) is 15.6 Å². The number of hydrogen-bond donors (Lipinski definition) is 3. The normalized spacial score (nSPS) is 10.6. The van der Waals surface area contributed by atoms with Crippen molar-refractivity contribution in [3.8, 4) is 12.3 Å². The number of terminal acetylenes is 1. The summed E-state index contributed by atoms with van der Waals surface area (Å²) in [6.45, 7) is 5.40. The van der Waals surface area contributed by atoms with Gasteiger partial charge in [0, 0.05) is 19.2 Å². The maximum absolute atomic E-state index is 11.8. The predicted molar refractivity (Wildman–Crippen MR) is 85.0 cm³/mol. The van der Waals surface area contributed by atoms with Crippen LogP contribution in [0.3, 0.4) is 0 Å². The van der Waals surface area contributed by atoms with E-state index in [0.29, 0.717) is 24.9 Å². The molecule has 1 amide bonds. The second-order valence-electron chi connectivity index (χ2n) is 4.34. The molecule has 3 N–H and O–H groups in total. The van der Waals surface area contributed by atoms with Gasteiger partial charge in [-0.2, -0.15) is 0 Å². The minimum absolute atomic E-state index is 0.122. The quantitative estimate of drug-likeness (QED) is 0.413. The number of aromatic nitrogens is 1. The Balaban J connectivity index is 2.40. The van der Waals surface area contributed by atoms with E-state index in [0.717, 1.165) is 12.1 Å². The van der Waals surface area contributed by atoms with Gasteiger partial charge in [-0.05, 0) is 25.5 Å². The smallest absolute Gasteiger partial charge is 0.227 e. The monoisotopic (exact) mass is 287 g/mol. The summed E-state index contributed by atoms with van der Waals surface area (Å²) in [5.74, 6) is 3.51. The van der Waals surface area contributed by atoms with E-state index < -0.39 is 0 Å². The Kier molecular flexibility index (Phi) is 7.36. The summed E-state index contributed by atoms with van der Waals surface area (Å²) in [5.41, 5.74) is 1.05. The van der Waals surface area contributed by atoms with E-state index in [4.69, 9.17) is 6.42 Å². The lowest BCUT2D eigenvalue weighted by Crippen LogP contribution is -2.37. The van der Waals surface area contributed by atoms with Crippen LogP contribution in [0.5, 0.6) is 0 Å². The van der Waals surface area contributed by atoms with E-state index in [2.05, 4.69) is 31.8 Å². The summed E-state index contributed by atoms with van der Waals surface area (Å²) in [5, 5.41) is 8.73. The number of nitrogens with one attached hydrogen (secondary N) is 3. The first-order chi connectivity index (χ1) is 10.2. The van der Waals surface area contributed by atoms with Crippen molar-refractivity contribution in [2.24, 2.45) is 4.99 Å². The maximum atomic E-state index is 11.8. The fraction of sp³-hybridized carbons (Fsp3) is 0.400. The molecule has 0 aliphatic heterocycles. The van der Waals surface area contributed by atoms with Crippen molar-refractivity contribution in [2.45, 2.75) is 20.3 Å². The number of aryl methyl sites for hydroxylation is 1. The Labute approximate surface area is 125 Å².